The molecule has 12 rings (SSSR count). The minimum absolute atomic E-state index is 0.474. The van der Waals surface area contributed by atoms with E-state index in [9.17, 15) is 0 Å². The molecule has 3 heteroatoms. The zero-order valence-corrected chi connectivity index (χ0v) is 38.1. The summed E-state index contributed by atoms with van der Waals surface area (Å²) in [4.78, 5) is 4.79. The van der Waals surface area contributed by atoms with Gasteiger partial charge in [-0.05, 0) is 129 Å². The van der Waals surface area contributed by atoms with Gasteiger partial charge in [0.05, 0.1) is 17.1 Å². The first-order valence-corrected chi connectivity index (χ1v) is 23.5. The van der Waals surface area contributed by atoms with Gasteiger partial charge in [-0.2, -0.15) is 0 Å². The first-order valence-electron chi connectivity index (χ1n) is 23.5. The van der Waals surface area contributed by atoms with Crippen molar-refractivity contribution in [2.75, 3.05) is 9.80 Å². The molecule has 0 radical (unpaired) electrons. The molecule has 0 fully saturated rings. The molecule has 0 saturated heterocycles. The van der Waals surface area contributed by atoms with E-state index in [4.69, 9.17) is 4.42 Å². The monoisotopic (exact) mass is 872 g/mol. The van der Waals surface area contributed by atoms with Crippen molar-refractivity contribution in [1.82, 2.24) is 0 Å². The summed E-state index contributed by atoms with van der Waals surface area (Å²) < 4.78 is 6.84. The summed E-state index contributed by atoms with van der Waals surface area (Å²) >= 11 is 0. The number of benzene rings is 11. The minimum Gasteiger partial charge on any atom is -0.456 e. The van der Waals surface area contributed by atoms with Crippen LogP contribution in [-0.4, -0.2) is 0 Å². The molecule has 0 unspecified atom stereocenters. The average Bonchev–Trinajstić information content (AvgIpc) is 3.74. The number of anilines is 6. The largest absolute Gasteiger partial charge is 0.456 e. The number of hydrogen-bond acceptors (Lipinski definition) is 3. The normalized spacial score (nSPS) is 11.5. The van der Waals surface area contributed by atoms with E-state index in [0.717, 1.165) is 88.7 Å². The molecule has 324 valence electrons. The van der Waals surface area contributed by atoms with Gasteiger partial charge in [-0.25, -0.2) is 0 Å². The van der Waals surface area contributed by atoms with Crippen molar-refractivity contribution in [3.63, 3.8) is 0 Å². The van der Waals surface area contributed by atoms with Crippen LogP contribution in [0.1, 0.15) is 25.3 Å². The van der Waals surface area contributed by atoms with Gasteiger partial charge in [-0.3, -0.25) is 0 Å². The molecule has 68 heavy (non-hydrogen) atoms. The molecule has 0 aliphatic heterocycles. The molecule has 3 nitrogen and oxygen atoms in total. The molecule has 1 aromatic heterocycles. The number of fused-ring (bicyclic) bond motifs is 5. The van der Waals surface area contributed by atoms with Crippen LogP contribution in [-0.2, 0) is 0 Å². The third kappa shape index (κ3) is 7.45. The summed E-state index contributed by atoms with van der Waals surface area (Å²) in [7, 11) is 0. The van der Waals surface area contributed by atoms with Gasteiger partial charge in [0.15, 0.2) is 0 Å². The first-order chi connectivity index (χ1) is 33.5. The fraction of sp³-hybridized carbons (Fsp3) is 0.0462. The lowest BCUT2D eigenvalue weighted by Gasteiger charge is -2.30. The minimum atomic E-state index is 0.474. The van der Waals surface area contributed by atoms with E-state index in [0.29, 0.717) is 5.92 Å². The van der Waals surface area contributed by atoms with Gasteiger partial charge in [-0.1, -0.05) is 184 Å². The highest BCUT2D eigenvalue weighted by atomic mass is 16.3. The van der Waals surface area contributed by atoms with E-state index in [1.54, 1.807) is 0 Å². The Morgan fingerprint density at radius 1 is 0.309 bits per heavy atom. The van der Waals surface area contributed by atoms with Crippen LogP contribution in [0.3, 0.4) is 0 Å². The van der Waals surface area contributed by atoms with Gasteiger partial charge in [-0.15, -0.1) is 0 Å². The van der Waals surface area contributed by atoms with Gasteiger partial charge >= 0.3 is 0 Å². The molecule has 11 aromatic carbocycles. The third-order valence-corrected chi connectivity index (χ3v) is 13.4. The smallest absolute Gasteiger partial charge is 0.136 e. The topological polar surface area (TPSA) is 19.6 Å². The van der Waals surface area contributed by atoms with Crippen LogP contribution in [0.5, 0.6) is 0 Å². The molecule has 0 bridgehead atoms. The molecule has 0 saturated carbocycles. The van der Waals surface area contributed by atoms with Gasteiger partial charge in [0.25, 0.3) is 0 Å². The number of hydrogen-bond donors (Lipinski definition) is 0. The second-order valence-electron chi connectivity index (χ2n) is 17.9. The Balaban J connectivity index is 0.977. The lowest BCUT2D eigenvalue weighted by Crippen LogP contribution is -2.12. The Labute approximate surface area is 397 Å². The molecule has 0 N–H and O–H groups in total. The Morgan fingerprint density at radius 3 is 1.18 bits per heavy atom. The fourth-order valence-corrected chi connectivity index (χ4v) is 9.95. The first kappa shape index (κ1) is 40.8. The van der Waals surface area contributed by atoms with Crippen LogP contribution in [0.15, 0.2) is 253 Å². The van der Waals surface area contributed by atoms with Gasteiger partial charge in [0.1, 0.15) is 11.2 Å². The molecule has 0 spiro atoms. The highest BCUT2D eigenvalue weighted by molar-refractivity contribution is 6.14. The Morgan fingerprint density at radius 2 is 0.706 bits per heavy atom. The molecule has 0 aliphatic carbocycles. The maximum absolute atomic E-state index is 6.84. The highest BCUT2D eigenvalue weighted by Gasteiger charge is 2.22. The predicted molar refractivity (Wildman–Crippen MR) is 288 cm³/mol. The van der Waals surface area contributed by atoms with Crippen LogP contribution in [0, 0.1) is 0 Å². The van der Waals surface area contributed by atoms with Gasteiger partial charge in [0, 0.05) is 44.5 Å². The van der Waals surface area contributed by atoms with Gasteiger partial charge < -0.3 is 14.2 Å². The van der Waals surface area contributed by atoms with E-state index in [1.165, 1.54) is 27.8 Å². The van der Waals surface area contributed by atoms with E-state index in [1.807, 2.05) is 0 Å². The van der Waals surface area contributed by atoms with Crippen LogP contribution in [0.25, 0.3) is 76.9 Å². The van der Waals surface area contributed by atoms with Crippen LogP contribution >= 0.6 is 0 Å². The second-order valence-corrected chi connectivity index (χ2v) is 17.9. The average molecular weight is 873 g/mol. The molecular weight excluding hydrogens is 825 g/mol. The van der Waals surface area contributed by atoms with Crippen molar-refractivity contribution in [2.45, 2.75) is 19.8 Å². The Hall–Kier alpha value is -8.66. The summed E-state index contributed by atoms with van der Waals surface area (Å²) in [5, 5.41) is 6.76. The number of nitrogens with zero attached hydrogens (tertiary/aromatic N) is 2. The van der Waals surface area contributed by atoms with Crippen molar-refractivity contribution in [2.24, 2.45) is 0 Å². The highest BCUT2D eigenvalue weighted by Crippen LogP contribution is 2.47. The van der Waals surface area contributed by atoms with Crippen molar-refractivity contribution in [3.05, 3.63) is 254 Å². The van der Waals surface area contributed by atoms with Crippen molar-refractivity contribution < 1.29 is 4.42 Å². The van der Waals surface area contributed by atoms with Crippen molar-refractivity contribution >= 4 is 77.6 Å². The number of para-hydroxylation sites is 4. The molecule has 0 amide bonds. The van der Waals surface area contributed by atoms with E-state index in [2.05, 4.69) is 272 Å². The quantitative estimate of drug-likeness (QED) is 0.136. The van der Waals surface area contributed by atoms with E-state index < -0.39 is 0 Å². The molecule has 0 aliphatic rings. The van der Waals surface area contributed by atoms with Crippen LogP contribution in [0.2, 0.25) is 0 Å². The Kier molecular flexibility index (Phi) is 10.4. The summed E-state index contributed by atoms with van der Waals surface area (Å²) in [6.45, 7) is 4.48. The maximum atomic E-state index is 6.84. The van der Waals surface area contributed by atoms with Crippen molar-refractivity contribution in [3.8, 4) is 33.4 Å². The zero-order valence-electron chi connectivity index (χ0n) is 38.1. The SMILES string of the molecule is CC(C)c1ccc(-c2ccccc2N(c2ccccc2)c2ccc3cc4c(cc3c2)oc2cc3cc(N(c5ccccc5-c5ccccc5)c5ccccc5-c5ccccc5)ccc3cc24)cc1. The van der Waals surface area contributed by atoms with E-state index in [-0.39, 0.29) is 0 Å². The molecule has 12 aromatic rings. The summed E-state index contributed by atoms with van der Waals surface area (Å²) in [5.41, 5.74) is 16.7. The molecular formula is C65H48N2O. The molecule has 0 atom stereocenters. The second kappa shape index (κ2) is 17.3. The fourth-order valence-electron chi connectivity index (χ4n) is 9.95. The predicted octanol–water partition coefficient (Wildman–Crippen LogP) is 19.0. The Bertz CT molecular complexity index is 3680. The number of rotatable bonds is 10. The standard InChI is InChI=1S/C65H48N2O/c1-44(2)45-30-32-48(33-31-45)58-26-12-15-27-61(58)66(53-22-10-5-11-23-53)54-36-34-49-40-59-60-41-50-35-37-55(39-52(50)43-65(60)68-64(59)42-51(49)38-54)67(62-28-16-13-24-56(62)46-18-6-3-7-19-46)63-29-17-14-25-57(63)47-20-8-4-9-21-47/h3-44H,1-2H3. The van der Waals surface area contributed by atoms with Gasteiger partial charge in [0.2, 0.25) is 0 Å². The molecule has 1 heterocycles. The lowest BCUT2D eigenvalue weighted by molar-refractivity contribution is 0.670. The summed E-state index contributed by atoms with van der Waals surface area (Å²) in [6, 6.07) is 89.8. The van der Waals surface area contributed by atoms with Crippen LogP contribution in [0.4, 0.5) is 34.1 Å². The third-order valence-electron chi connectivity index (χ3n) is 13.4. The van der Waals surface area contributed by atoms with Crippen LogP contribution < -0.4 is 9.80 Å². The summed E-state index contributed by atoms with van der Waals surface area (Å²) in [6.07, 6.45) is 0. The number of furan rings is 1. The van der Waals surface area contributed by atoms with Crippen molar-refractivity contribution in [1.29, 1.82) is 0 Å². The van der Waals surface area contributed by atoms with E-state index >= 15 is 0 Å². The zero-order chi connectivity index (χ0) is 45.6. The summed E-state index contributed by atoms with van der Waals surface area (Å²) in [5.74, 6) is 0.474. The maximum Gasteiger partial charge on any atom is 0.136 e. The lowest BCUT2D eigenvalue weighted by atomic mass is 9.97.